The van der Waals surface area contributed by atoms with Gasteiger partial charge in [0.2, 0.25) is 0 Å². The maximum atomic E-state index is 2.69. The molecule has 0 bridgehead atoms. The molecule has 2 aliphatic heterocycles. The van der Waals surface area contributed by atoms with Gasteiger partial charge in [-0.15, -0.1) is 0 Å². The second-order valence-corrected chi connectivity index (χ2v) is 36.4. The molecule has 4 heteroatoms. The van der Waals surface area contributed by atoms with Crippen LogP contribution < -0.4 is 26.2 Å². The molecule has 526 valence electrons. The summed E-state index contributed by atoms with van der Waals surface area (Å²) in [6.07, 6.45) is 0. The minimum absolute atomic E-state index is 0.0848. The molecule has 0 unspecified atom stereocenters. The number of fused-ring (bicyclic) bond motifs is 7. The van der Waals surface area contributed by atoms with Crippen molar-refractivity contribution in [1.82, 2.24) is 4.57 Å². The highest BCUT2D eigenvalue weighted by molar-refractivity contribution is 7.00. The lowest BCUT2D eigenvalue weighted by Gasteiger charge is -2.45. The summed E-state index contributed by atoms with van der Waals surface area (Å²) in [5.41, 5.74) is 35.4. The lowest BCUT2D eigenvalue weighted by atomic mass is 9.33. The second-order valence-electron chi connectivity index (χ2n) is 36.4. The van der Waals surface area contributed by atoms with E-state index < -0.39 is 0 Å². The molecule has 0 N–H and O–H groups in total. The molecule has 13 aromatic carbocycles. The largest absolute Gasteiger partial charge is 0.311 e. The first-order chi connectivity index (χ1) is 50.3. The number of aromatic nitrogens is 1. The molecule has 0 saturated heterocycles. The molecule has 0 spiro atoms. The SMILES string of the molecule is CC(C)(C)c1cc(-c2ccc3c(c2)N(c2ccc(-c4ccccc4)cc2-c2ccccc2)c2cc(-n4c5ccc(C(C)(C)C)cc5c5cc(C(C)(C)C)ccc54)cc4c2B3c2ccc(-c3cc(C(C)(C)C)cc(C(C)(C)C)c3)cc2N4c2ccc(-c3ccccc3)cc2-c2ccccc2)cc(C(C)(C)C)c1. The van der Waals surface area contributed by atoms with E-state index in [9.17, 15) is 0 Å². The number of benzene rings is 13. The van der Waals surface area contributed by atoms with Crippen molar-refractivity contribution >= 4 is 79.0 Å². The van der Waals surface area contributed by atoms with Gasteiger partial charge in [0.1, 0.15) is 0 Å². The molecule has 3 nitrogen and oxygen atoms in total. The van der Waals surface area contributed by atoms with Crippen LogP contribution in [-0.4, -0.2) is 11.3 Å². The minimum atomic E-state index is -0.217. The number of hydrogen-bond acceptors (Lipinski definition) is 2. The predicted octanol–water partition coefficient (Wildman–Crippen LogP) is 26.7. The third-order valence-electron chi connectivity index (χ3n) is 22.7. The molecule has 1 aromatic heterocycles. The highest BCUT2D eigenvalue weighted by atomic mass is 15.2. The molecule has 0 saturated carbocycles. The minimum Gasteiger partial charge on any atom is -0.311 e. The van der Waals surface area contributed by atoms with E-state index in [0.717, 1.165) is 73.2 Å². The van der Waals surface area contributed by atoms with E-state index in [4.69, 9.17) is 0 Å². The smallest absolute Gasteiger partial charge is 0.252 e. The number of rotatable bonds is 9. The molecule has 0 atom stereocenters. The normalized spacial score (nSPS) is 13.3. The fourth-order valence-corrected chi connectivity index (χ4v) is 16.3. The third-order valence-corrected chi connectivity index (χ3v) is 22.7. The molecule has 2 aliphatic rings. The molecule has 106 heavy (non-hydrogen) atoms. The summed E-state index contributed by atoms with van der Waals surface area (Å²) >= 11 is 0. The zero-order chi connectivity index (χ0) is 74.3. The van der Waals surface area contributed by atoms with Gasteiger partial charge in [0.05, 0.1) is 28.1 Å². The van der Waals surface area contributed by atoms with E-state index in [2.05, 4.69) is 418 Å². The van der Waals surface area contributed by atoms with Gasteiger partial charge in [-0.2, -0.15) is 0 Å². The average Bonchev–Trinajstić information content (AvgIpc) is 0.907. The zero-order valence-corrected chi connectivity index (χ0v) is 65.5. The Morgan fingerprint density at radius 3 is 0.858 bits per heavy atom. The van der Waals surface area contributed by atoms with Crippen LogP contribution in [-0.2, 0) is 32.5 Å². The van der Waals surface area contributed by atoms with Crippen molar-refractivity contribution in [2.24, 2.45) is 0 Å². The molecular formula is C102H100BN3. The Kier molecular flexibility index (Phi) is 16.8. The first-order valence-electron chi connectivity index (χ1n) is 38.3. The van der Waals surface area contributed by atoms with Crippen LogP contribution in [0.25, 0.3) is 94.3 Å². The average molecular weight is 1380 g/mol. The van der Waals surface area contributed by atoms with Gasteiger partial charge in [-0.3, -0.25) is 0 Å². The summed E-state index contributed by atoms with van der Waals surface area (Å²) in [5.74, 6) is 0. The maximum absolute atomic E-state index is 2.69. The van der Waals surface area contributed by atoms with E-state index in [1.165, 1.54) is 105 Å². The van der Waals surface area contributed by atoms with Gasteiger partial charge in [0.15, 0.2) is 0 Å². The molecule has 0 amide bonds. The summed E-state index contributed by atoms with van der Waals surface area (Å²) in [6, 6.07) is 108. The maximum Gasteiger partial charge on any atom is 0.252 e. The first kappa shape index (κ1) is 69.7. The molecular weight excluding hydrogens is 1280 g/mol. The van der Waals surface area contributed by atoms with E-state index in [1.54, 1.807) is 0 Å². The summed E-state index contributed by atoms with van der Waals surface area (Å²) < 4.78 is 2.61. The predicted molar refractivity (Wildman–Crippen MR) is 460 cm³/mol. The highest BCUT2D eigenvalue weighted by Crippen LogP contribution is 2.53. The Bertz CT molecular complexity index is 5340. The van der Waals surface area contributed by atoms with Gasteiger partial charge in [0.25, 0.3) is 6.71 Å². The van der Waals surface area contributed by atoms with Gasteiger partial charge >= 0.3 is 0 Å². The highest BCUT2D eigenvalue weighted by Gasteiger charge is 2.45. The van der Waals surface area contributed by atoms with Crippen molar-refractivity contribution in [2.75, 3.05) is 9.80 Å². The monoisotopic (exact) mass is 1380 g/mol. The summed E-state index contributed by atoms with van der Waals surface area (Å²) in [4.78, 5) is 5.38. The second kappa shape index (κ2) is 25.5. The van der Waals surface area contributed by atoms with Crippen molar-refractivity contribution < 1.29 is 0 Å². The Balaban J connectivity index is 1.10. The van der Waals surface area contributed by atoms with Gasteiger partial charge in [-0.05, 0) is 211 Å². The molecule has 0 aliphatic carbocycles. The van der Waals surface area contributed by atoms with Crippen molar-refractivity contribution in [3.63, 3.8) is 0 Å². The van der Waals surface area contributed by atoms with Gasteiger partial charge in [-0.25, -0.2) is 0 Å². The summed E-state index contributed by atoms with van der Waals surface area (Å²) in [7, 11) is 0. The summed E-state index contributed by atoms with van der Waals surface area (Å²) in [5, 5.41) is 2.50. The van der Waals surface area contributed by atoms with Crippen LogP contribution in [0.15, 0.2) is 279 Å². The molecule has 0 radical (unpaired) electrons. The van der Waals surface area contributed by atoms with Crippen LogP contribution in [0.2, 0.25) is 0 Å². The van der Waals surface area contributed by atoms with Crippen LogP contribution in [0.3, 0.4) is 0 Å². The van der Waals surface area contributed by atoms with E-state index in [0.29, 0.717) is 0 Å². The fourth-order valence-electron chi connectivity index (χ4n) is 16.3. The van der Waals surface area contributed by atoms with Crippen LogP contribution in [0.4, 0.5) is 34.1 Å². The first-order valence-corrected chi connectivity index (χ1v) is 38.3. The number of nitrogens with zero attached hydrogens (tertiary/aromatic N) is 3. The Morgan fingerprint density at radius 1 is 0.217 bits per heavy atom. The van der Waals surface area contributed by atoms with Gasteiger partial charge < -0.3 is 14.4 Å². The van der Waals surface area contributed by atoms with Crippen molar-refractivity contribution in [3.05, 3.63) is 312 Å². The Hall–Kier alpha value is -10.7. The standard InChI is InChI=1S/C102H100BN3/c1-97(2,3)75-43-49-90-84(61-75)85-62-76(98(4,5)6)44-50-91(85)104(90)81-63-94-96-95(64-81)106(89-48-42-70(66-33-25-20-26-34-66)56-83(89)68-37-29-22-30-38-68)93-58-72(74-53-79(101(13,14)15)60-80(54-74)102(16,17)18)40-46-87(93)103(96)86-45-39-71(73-51-77(99(7,8)9)59-78(52-73)100(10,11)12)57-92(86)105(94)88-47-41-69(65-31-23-19-24-32-65)55-82(88)67-35-27-21-28-36-67/h19-64H,1-18H3. The van der Waals surface area contributed by atoms with Crippen molar-refractivity contribution in [1.29, 1.82) is 0 Å². The van der Waals surface area contributed by atoms with Gasteiger partial charge in [-0.1, -0.05) is 331 Å². The molecule has 16 rings (SSSR count). The number of hydrogen-bond donors (Lipinski definition) is 0. The fraction of sp³-hybridized carbons (Fsp3) is 0.235. The number of anilines is 6. The van der Waals surface area contributed by atoms with Crippen LogP contribution in [0.5, 0.6) is 0 Å². The third kappa shape index (κ3) is 12.6. The van der Waals surface area contributed by atoms with Crippen LogP contribution in [0, 0.1) is 0 Å². The topological polar surface area (TPSA) is 11.4 Å². The molecule has 0 fully saturated rings. The molecule has 14 aromatic rings. The zero-order valence-electron chi connectivity index (χ0n) is 65.5. The quantitative estimate of drug-likeness (QED) is 0.133. The Morgan fingerprint density at radius 2 is 0.528 bits per heavy atom. The van der Waals surface area contributed by atoms with E-state index in [1.807, 2.05) is 0 Å². The lowest BCUT2D eigenvalue weighted by molar-refractivity contribution is 0.568. The van der Waals surface area contributed by atoms with E-state index in [-0.39, 0.29) is 39.2 Å². The van der Waals surface area contributed by atoms with Crippen molar-refractivity contribution in [3.8, 4) is 72.4 Å². The van der Waals surface area contributed by atoms with Gasteiger partial charge in [0, 0.05) is 44.6 Å². The lowest BCUT2D eigenvalue weighted by Crippen LogP contribution is -2.61. The Labute approximate surface area is 631 Å². The van der Waals surface area contributed by atoms with Crippen LogP contribution >= 0.6 is 0 Å². The van der Waals surface area contributed by atoms with E-state index >= 15 is 0 Å². The molecule has 3 heterocycles. The van der Waals surface area contributed by atoms with Crippen LogP contribution in [0.1, 0.15) is 158 Å². The summed E-state index contributed by atoms with van der Waals surface area (Å²) in [6.45, 7) is 42.1. The van der Waals surface area contributed by atoms with Crippen molar-refractivity contribution in [2.45, 2.75) is 157 Å².